The number of ether oxygens (including phenoxy) is 1. The first-order valence-electron chi connectivity index (χ1n) is 8.95. The fraction of sp³-hybridized carbons (Fsp3) is 0.350. The molecule has 0 bridgehead atoms. The Labute approximate surface area is 167 Å². The van der Waals surface area contributed by atoms with Crippen LogP contribution < -0.4 is 15.7 Å². The summed E-state index contributed by atoms with van der Waals surface area (Å²) in [5.74, 6) is -0.502. The third-order valence-electron chi connectivity index (χ3n) is 5.00. The lowest BCUT2D eigenvalue weighted by molar-refractivity contribution is 0.191. The normalized spacial score (nSPS) is 18.2. The highest BCUT2D eigenvalue weighted by Gasteiger charge is 2.38. The number of nitrogens with zero attached hydrogens (tertiary/aromatic N) is 2. The van der Waals surface area contributed by atoms with Gasteiger partial charge >= 0.3 is 5.69 Å². The van der Waals surface area contributed by atoms with E-state index < -0.39 is 23.8 Å². The number of rotatable bonds is 4. The van der Waals surface area contributed by atoms with E-state index in [1.54, 1.807) is 29.8 Å². The molecule has 3 aromatic rings. The lowest BCUT2D eigenvalue weighted by atomic mass is 10.0. The number of benzene rings is 2. The highest BCUT2D eigenvalue weighted by Crippen LogP contribution is 2.40. The molecule has 0 amide bonds. The SMILES string of the molecule is CNC[C@H]1Oc2cc(F)ccc2[C@H]1n1c(=O)n(C(C)C)c2cccc(F)c21.Cl. The lowest BCUT2D eigenvalue weighted by Gasteiger charge is -2.20. The van der Waals surface area contributed by atoms with Gasteiger partial charge in [0.25, 0.3) is 0 Å². The number of fused-ring (bicyclic) bond motifs is 2. The standard InChI is InChI=1S/C20H21F2N3O2.ClH/c1-11(2)24-15-6-4-5-14(22)19(15)25(20(24)26)18-13-8-7-12(21)9-16(13)27-17(18)10-23-3;/h4-9,11,17-18,23H,10H2,1-3H3;1H/t17-,18-;/m1./s1. The summed E-state index contributed by atoms with van der Waals surface area (Å²) in [6.07, 6.45) is -0.463. The maximum absolute atomic E-state index is 14.8. The van der Waals surface area contributed by atoms with Crippen LogP contribution in [-0.4, -0.2) is 28.8 Å². The van der Waals surface area contributed by atoms with Gasteiger partial charge in [-0.3, -0.25) is 9.13 Å². The van der Waals surface area contributed by atoms with Gasteiger partial charge in [0.2, 0.25) is 0 Å². The molecule has 0 fully saturated rings. The van der Waals surface area contributed by atoms with Gasteiger partial charge in [-0.05, 0) is 39.1 Å². The minimum Gasteiger partial charge on any atom is -0.486 e. The average molecular weight is 410 g/mol. The summed E-state index contributed by atoms with van der Waals surface area (Å²) in [6, 6.07) is 8.24. The quantitative estimate of drug-likeness (QED) is 0.715. The Morgan fingerprint density at radius 1 is 1.21 bits per heavy atom. The fourth-order valence-corrected chi connectivity index (χ4v) is 3.95. The number of halogens is 3. The maximum Gasteiger partial charge on any atom is 0.330 e. The molecule has 0 radical (unpaired) electrons. The van der Waals surface area contributed by atoms with Gasteiger partial charge in [0.15, 0.2) is 0 Å². The maximum atomic E-state index is 14.8. The van der Waals surface area contributed by atoms with Crippen molar-refractivity contribution in [1.82, 2.24) is 14.5 Å². The van der Waals surface area contributed by atoms with Gasteiger partial charge in [0.05, 0.1) is 5.52 Å². The molecule has 28 heavy (non-hydrogen) atoms. The van der Waals surface area contributed by atoms with Crippen LogP contribution in [0.15, 0.2) is 41.2 Å². The summed E-state index contributed by atoms with van der Waals surface area (Å²) in [7, 11) is 1.77. The monoisotopic (exact) mass is 409 g/mol. The second-order valence-electron chi connectivity index (χ2n) is 7.06. The Hall–Kier alpha value is -2.38. The average Bonchev–Trinajstić information content (AvgIpc) is 3.09. The van der Waals surface area contributed by atoms with Crippen molar-refractivity contribution in [2.75, 3.05) is 13.6 Å². The van der Waals surface area contributed by atoms with Crippen LogP contribution in [0.25, 0.3) is 11.0 Å². The highest BCUT2D eigenvalue weighted by atomic mass is 35.5. The van der Waals surface area contributed by atoms with Crippen LogP contribution >= 0.6 is 12.4 Å². The molecule has 1 aromatic heterocycles. The molecule has 1 N–H and O–H groups in total. The highest BCUT2D eigenvalue weighted by molar-refractivity contribution is 5.85. The minimum atomic E-state index is -0.556. The van der Waals surface area contributed by atoms with E-state index in [0.29, 0.717) is 23.4 Å². The molecule has 2 aromatic carbocycles. The van der Waals surface area contributed by atoms with Crippen molar-refractivity contribution < 1.29 is 13.5 Å². The van der Waals surface area contributed by atoms with Crippen molar-refractivity contribution >= 4 is 23.4 Å². The van der Waals surface area contributed by atoms with Crippen molar-refractivity contribution in [2.24, 2.45) is 0 Å². The Morgan fingerprint density at radius 2 is 1.96 bits per heavy atom. The van der Waals surface area contributed by atoms with E-state index >= 15 is 0 Å². The first-order valence-corrected chi connectivity index (χ1v) is 8.95. The molecule has 8 heteroatoms. The minimum absolute atomic E-state index is 0. The summed E-state index contributed by atoms with van der Waals surface area (Å²) < 4.78 is 37.5. The van der Waals surface area contributed by atoms with Crippen molar-refractivity contribution in [3.05, 3.63) is 64.1 Å². The first kappa shape index (κ1) is 20.4. The number of nitrogens with one attached hydrogen (secondary N) is 1. The van der Waals surface area contributed by atoms with Gasteiger partial charge in [-0.2, -0.15) is 0 Å². The number of para-hydroxylation sites is 1. The van der Waals surface area contributed by atoms with Crippen LogP contribution in [0.4, 0.5) is 8.78 Å². The second kappa shape index (κ2) is 7.56. The molecule has 0 saturated carbocycles. The van der Waals surface area contributed by atoms with Crippen molar-refractivity contribution in [3.63, 3.8) is 0 Å². The van der Waals surface area contributed by atoms with Gasteiger partial charge in [-0.25, -0.2) is 13.6 Å². The predicted octanol–water partition coefficient (Wildman–Crippen LogP) is 3.65. The van der Waals surface area contributed by atoms with E-state index in [4.69, 9.17) is 4.74 Å². The molecule has 2 heterocycles. The van der Waals surface area contributed by atoms with Crippen LogP contribution in [0, 0.1) is 11.6 Å². The second-order valence-corrected chi connectivity index (χ2v) is 7.06. The first-order chi connectivity index (χ1) is 12.9. The predicted molar refractivity (Wildman–Crippen MR) is 107 cm³/mol. The van der Waals surface area contributed by atoms with E-state index in [-0.39, 0.29) is 29.7 Å². The summed E-state index contributed by atoms with van der Waals surface area (Å²) in [6.45, 7) is 4.20. The van der Waals surface area contributed by atoms with Crippen molar-refractivity contribution in [3.8, 4) is 5.75 Å². The third-order valence-corrected chi connectivity index (χ3v) is 5.00. The van der Waals surface area contributed by atoms with E-state index in [1.807, 2.05) is 13.8 Å². The molecule has 5 nitrogen and oxygen atoms in total. The zero-order chi connectivity index (χ0) is 19.3. The topological polar surface area (TPSA) is 48.2 Å². The van der Waals surface area contributed by atoms with Crippen LogP contribution in [-0.2, 0) is 0 Å². The summed E-state index contributed by atoms with van der Waals surface area (Å²) >= 11 is 0. The molecule has 1 aliphatic heterocycles. The molecule has 0 unspecified atom stereocenters. The fourth-order valence-electron chi connectivity index (χ4n) is 3.95. The molecule has 150 valence electrons. The number of likely N-dealkylation sites (N-methyl/N-ethyl adjacent to an activating group) is 1. The Bertz CT molecular complexity index is 1080. The molecule has 0 saturated heterocycles. The molecular weight excluding hydrogens is 388 g/mol. The summed E-state index contributed by atoms with van der Waals surface area (Å²) in [4.78, 5) is 13.3. The van der Waals surface area contributed by atoms with Crippen LogP contribution in [0.5, 0.6) is 5.75 Å². The van der Waals surface area contributed by atoms with Gasteiger partial charge in [-0.15, -0.1) is 12.4 Å². The molecule has 4 rings (SSSR count). The zero-order valence-electron chi connectivity index (χ0n) is 15.8. The van der Waals surface area contributed by atoms with Crippen molar-refractivity contribution in [1.29, 1.82) is 0 Å². The number of imidazole rings is 1. The zero-order valence-corrected chi connectivity index (χ0v) is 16.6. The van der Waals surface area contributed by atoms with Gasteiger partial charge in [-0.1, -0.05) is 12.1 Å². The molecular formula is C20H22ClF2N3O2. The van der Waals surface area contributed by atoms with E-state index in [2.05, 4.69) is 5.32 Å². The van der Waals surface area contributed by atoms with E-state index in [9.17, 15) is 13.6 Å². The number of aromatic nitrogens is 2. The van der Waals surface area contributed by atoms with Gasteiger partial charge in [0, 0.05) is 24.2 Å². The number of hydrogen-bond acceptors (Lipinski definition) is 3. The lowest BCUT2D eigenvalue weighted by Crippen LogP contribution is -2.38. The Balaban J connectivity index is 0.00000225. The third kappa shape index (κ3) is 2.99. The molecule has 2 atom stereocenters. The molecule has 0 spiro atoms. The summed E-state index contributed by atoms with van der Waals surface area (Å²) in [5.41, 5.74) is 1.14. The Morgan fingerprint density at radius 3 is 2.64 bits per heavy atom. The Kier molecular flexibility index (Phi) is 5.50. The van der Waals surface area contributed by atoms with E-state index in [1.165, 1.54) is 22.8 Å². The van der Waals surface area contributed by atoms with Crippen LogP contribution in [0.1, 0.15) is 31.5 Å². The van der Waals surface area contributed by atoms with Gasteiger partial charge in [0.1, 0.15) is 35.0 Å². The van der Waals surface area contributed by atoms with Crippen LogP contribution in [0.3, 0.4) is 0 Å². The van der Waals surface area contributed by atoms with Gasteiger partial charge < -0.3 is 10.1 Å². The largest absolute Gasteiger partial charge is 0.486 e. The van der Waals surface area contributed by atoms with Crippen molar-refractivity contribution in [2.45, 2.75) is 32.0 Å². The van der Waals surface area contributed by atoms with E-state index in [0.717, 1.165) is 0 Å². The number of hydrogen-bond donors (Lipinski definition) is 1. The summed E-state index contributed by atoms with van der Waals surface area (Å²) in [5, 5.41) is 3.04. The molecule has 0 aliphatic carbocycles. The molecule has 1 aliphatic rings. The van der Waals surface area contributed by atoms with Crippen LogP contribution in [0.2, 0.25) is 0 Å². The smallest absolute Gasteiger partial charge is 0.330 e.